The number of benzene rings is 2. The highest BCUT2D eigenvalue weighted by atomic mass is 16.4. The molecule has 6 heteroatoms. The van der Waals surface area contributed by atoms with E-state index >= 15 is 0 Å². The zero-order valence-corrected chi connectivity index (χ0v) is 11.6. The standard InChI is InChI=1S/C16H15NO5/c18-11-3-1-2-10(8-11)4-7-15(20)17-14-9-12(19)5-6-13(14)16(21)22/h1-3,5-6,8-9,18-19H,4,7H2,(H,17,20)(H,21,22). The number of anilines is 1. The fourth-order valence-electron chi connectivity index (χ4n) is 2.00. The van der Waals surface area contributed by atoms with Crippen molar-refractivity contribution in [3.05, 3.63) is 53.6 Å². The van der Waals surface area contributed by atoms with Gasteiger partial charge in [-0.1, -0.05) is 12.1 Å². The first kappa shape index (κ1) is 15.4. The van der Waals surface area contributed by atoms with E-state index in [1.165, 1.54) is 24.3 Å². The first-order valence-corrected chi connectivity index (χ1v) is 6.60. The van der Waals surface area contributed by atoms with Crippen molar-refractivity contribution >= 4 is 17.6 Å². The third kappa shape index (κ3) is 3.99. The number of carboxylic acid groups (broad SMARTS) is 1. The molecule has 0 saturated heterocycles. The molecule has 4 N–H and O–H groups in total. The van der Waals surface area contributed by atoms with Gasteiger partial charge in [-0.15, -0.1) is 0 Å². The van der Waals surface area contributed by atoms with Crippen LogP contribution in [0.1, 0.15) is 22.3 Å². The molecule has 0 aliphatic heterocycles. The number of nitrogens with one attached hydrogen (secondary N) is 1. The van der Waals surface area contributed by atoms with E-state index in [9.17, 15) is 19.8 Å². The van der Waals surface area contributed by atoms with Crippen LogP contribution in [0, 0.1) is 0 Å². The van der Waals surface area contributed by atoms with Crippen LogP contribution in [0.2, 0.25) is 0 Å². The van der Waals surface area contributed by atoms with Crippen molar-refractivity contribution in [2.45, 2.75) is 12.8 Å². The minimum absolute atomic E-state index is 0.0495. The molecule has 0 aliphatic rings. The molecule has 0 fully saturated rings. The van der Waals surface area contributed by atoms with Crippen molar-refractivity contribution < 1.29 is 24.9 Å². The molecule has 2 rings (SSSR count). The van der Waals surface area contributed by atoms with Gasteiger partial charge >= 0.3 is 5.97 Å². The Balaban J connectivity index is 2.03. The van der Waals surface area contributed by atoms with Gasteiger partial charge in [-0.3, -0.25) is 4.79 Å². The maximum Gasteiger partial charge on any atom is 0.337 e. The number of hydrogen-bond acceptors (Lipinski definition) is 4. The molecule has 0 saturated carbocycles. The first-order valence-electron chi connectivity index (χ1n) is 6.60. The zero-order chi connectivity index (χ0) is 16.1. The number of phenolic OH excluding ortho intramolecular Hbond substituents is 2. The quantitative estimate of drug-likeness (QED) is 0.678. The summed E-state index contributed by atoms with van der Waals surface area (Å²) in [5, 5.41) is 30.3. The molecular weight excluding hydrogens is 286 g/mol. The molecule has 2 aromatic rings. The summed E-state index contributed by atoms with van der Waals surface area (Å²) in [4.78, 5) is 23.0. The Morgan fingerprint density at radius 3 is 2.41 bits per heavy atom. The number of aromatic carboxylic acids is 1. The summed E-state index contributed by atoms with van der Waals surface area (Å²) < 4.78 is 0. The molecule has 0 unspecified atom stereocenters. The second-order valence-corrected chi connectivity index (χ2v) is 4.75. The number of amides is 1. The van der Waals surface area contributed by atoms with Crippen molar-refractivity contribution in [1.82, 2.24) is 0 Å². The van der Waals surface area contributed by atoms with Crippen LogP contribution in [0.15, 0.2) is 42.5 Å². The van der Waals surface area contributed by atoms with Crippen molar-refractivity contribution in [1.29, 1.82) is 0 Å². The minimum Gasteiger partial charge on any atom is -0.508 e. The molecule has 0 spiro atoms. The van der Waals surface area contributed by atoms with Gasteiger partial charge in [-0.25, -0.2) is 4.79 Å². The Hall–Kier alpha value is -3.02. The van der Waals surface area contributed by atoms with Crippen LogP contribution in [0.5, 0.6) is 11.5 Å². The predicted molar refractivity (Wildman–Crippen MR) is 80.1 cm³/mol. The van der Waals surface area contributed by atoms with E-state index in [-0.39, 0.29) is 35.1 Å². The molecular formula is C16H15NO5. The molecule has 0 atom stereocenters. The van der Waals surface area contributed by atoms with Gasteiger partial charge in [-0.05, 0) is 36.2 Å². The molecule has 2 aromatic carbocycles. The number of carbonyl (C=O) groups excluding carboxylic acids is 1. The van der Waals surface area contributed by atoms with E-state index in [0.717, 1.165) is 5.56 Å². The van der Waals surface area contributed by atoms with E-state index in [1.807, 2.05) is 0 Å². The number of carbonyl (C=O) groups is 2. The van der Waals surface area contributed by atoms with Crippen LogP contribution in [0.4, 0.5) is 5.69 Å². The Bertz CT molecular complexity index is 711. The van der Waals surface area contributed by atoms with Crippen LogP contribution in [0.25, 0.3) is 0 Å². The van der Waals surface area contributed by atoms with E-state index in [1.54, 1.807) is 18.2 Å². The van der Waals surface area contributed by atoms with Crippen molar-refractivity contribution in [3.63, 3.8) is 0 Å². The first-order chi connectivity index (χ1) is 10.5. The fourth-order valence-corrected chi connectivity index (χ4v) is 2.00. The SMILES string of the molecule is O=C(CCc1cccc(O)c1)Nc1cc(O)ccc1C(=O)O. The smallest absolute Gasteiger partial charge is 0.337 e. The van der Waals surface area contributed by atoms with E-state index in [2.05, 4.69) is 5.32 Å². The number of aromatic hydroxyl groups is 2. The van der Waals surface area contributed by atoms with Gasteiger partial charge in [0.2, 0.25) is 5.91 Å². The predicted octanol–water partition coefficient (Wildman–Crippen LogP) is 2.37. The lowest BCUT2D eigenvalue weighted by Crippen LogP contribution is -2.15. The van der Waals surface area contributed by atoms with Crippen LogP contribution in [-0.2, 0) is 11.2 Å². The normalized spacial score (nSPS) is 10.2. The number of aryl methyl sites for hydroxylation is 1. The van der Waals surface area contributed by atoms with Gasteiger partial charge in [0.05, 0.1) is 11.3 Å². The van der Waals surface area contributed by atoms with Crippen molar-refractivity contribution in [3.8, 4) is 11.5 Å². The Labute approximate surface area is 126 Å². The van der Waals surface area contributed by atoms with Gasteiger partial charge in [0, 0.05) is 12.5 Å². The third-order valence-corrected chi connectivity index (χ3v) is 3.06. The second kappa shape index (κ2) is 6.62. The van der Waals surface area contributed by atoms with Gasteiger partial charge in [0.1, 0.15) is 11.5 Å². The monoisotopic (exact) mass is 301 g/mol. The highest BCUT2D eigenvalue weighted by Crippen LogP contribution is 2.22. The van der Waals surface area contributed by atoms with Crippen LogP contribution in [-0.4, -0.2) is 27.2 Å². The fraction of sp³-hybridized carbons (Fsp3) is 0.125. The van der Waals surface area contributed by atoms with Gasteiger partial charge in [-0.2, -0.15) is 0 Å². The molecule has 0 aliphatic carbocycles. The zero-order valence-electron chi connectivity index (χ0n) is 11.6. The minimum atomic E-state index is -1.19. The Morgan fingerprint density at radius 1 is 1.00 bits per heavy atom. The summed E-state index contributed by atoms with van der Waals surface area (Å²) in [6, 6.07) is 10.2. The summed E-state index contributed by atoms with van der Waals surface area (Å²) in [7, 11) is 0. The van der Waals surface area contributed by atoms with E-state index in [0.29, 0.717) is 6.42 Å². The average molecular weight is 301 g/mol. The van der Waals surface area contributed by atoms with Crippen LogP contribution in [0.3, 0.4) is 0 Å². The van der Waals surface area contributed by atoms with Gasteiger partial charge < -0.3 is 20.6 Å². The van der Waals surface area contributed by atoms with Crippen LogP contribution < -0.4 is 5.32 Å². The number of phenols is 2. The van der Waals surface area contributed by atoms with Gasteiger partial charge in [0.15, 0.2) is 0 Å². The highest BCUT2D eigenvalue weighted by Gasteiger charge is 2.13. The van der Waals surface area contributed by atoms with E-state index in [4.69, 9.17) is 5.11 Å². The average Bonchev–Trinajstić information content (AvgIpc) is 2.45. The Morgan fingerprint density at radius 2 is 1.73 bits per heavy atom. The van der Waals surface area contributed by atoms with E-state index < -0.39 is 5.97 Å². The lowest BCUT2D eigenvalue weighted by molar-refractivity contribution is -0.116. The molecule has 1 amide bonds. The summed E-state index contributed by atoms with van der Waals surface area (Å²) in [6.07, 6.45) is 0.527. The summed E-state index contributed by atoms with van der Waals surface area (Å²) in [6.45, 7) is 0. The number of carboxylic acids is 1. The maximum absolute atomic E-state index is 11.9. The topological polar surface area (TPSA) is 107 Å². The summed E-state index contributed by atoms with van der Waals surface area (Å²) in [5.74, 6) is -1.58. The van der Waals surface area contributed by atoms with Crippen LogP contribution >= 0.6 is 0 Å². The Kier molecular flexibility index (Phi) is 4.63. The summed E-state index contributed by atoms with van der Waals surface area (Å²) >= 11 is 0. The largest absolute Gasteiger partial charge is 0.508 e. The third-order valence-electron chi connectivity index (χ3n) is 3.06. The molecule has 22 heavy (non-hydrogen) atoms. The molecule has 0 heterocycles. The van der Waals surface area contributed by atoms with Crippen molar-refractivity contribution in [2.75, 3.05) is 5.32 Å². The molecule has 114 valence electrons. The maximum atomic E-state index is 11.9. The summed E-state index contributed by atoms with van der Waals surface area (Å²) in [5.41, 5.74) is 0.751. The molecule has 0 aromatic heterocycles. The second-order valence-electron chi connectivity index (χ2n) is 4.75. The lowest BCUT2D eigenvalue weighted by atomic mass is 10.1. The van der Waals surface area contributed by atoms with Gasteiger partial charge in [0.25, 0.3) is 0 Å². The lowest BCUT2D eigenvalue weighted by Gasteiger charge is -2.09. The van der Waals surface area contributed by atoms with Crippen molar-refractivity contribution in [2.24, 2.45) is 0 Å². The molecule has 0 radical (unpaired) electrons. The molecule has 6 nitrogen and oxygen atoms in total. The highest BCUT2D eigenvalue weighted by molar-refractivity contribution is 6.00. The number of rotatable bonds is 5. The number of hydrogen-bond donors (Lipinski definition) is 4. The molecule has 0 bridgehead atoms.